The van der Waals surface area contributed by atoms with E-state index in [1.54, 1.807) is 11.3 Å². The topological polar surface area (TPSA) is 43.1 Å². The van der Waals surface area contributed by atoms with Crippen LogP contribution in [0.4, 0.5) is 0 Å². The van der Waals surface area contributed by atoms with Crippen LogP contribution in [0.15, 0.2) is 0 Å². The van der Waals surface area contributed by atoms with Crippen molar-refractivity contribution in [2.45, 2.75) is 50.9 Å². The molecule has 1 aliphatic carbocycles. The number of rotatable bonds is 5. The molecule has 0 unspecified atom stereocenters. The molecule has 1 aliphatic rings. The summed E-state index contributed by atoms with van der Waals surface area (Å²) in [4.78, 5) is 0.942. The van der Waals surface area contributed by atoms with Crippen molar-refractivity contribution >= 4 is 27.9 Å². The van der Waals surface area contributed by atoms with E-state index in [1.807, 2.05) is 4.52 Å². The van der Waals surface area contributed by atoms with Crippen LogP contribution in [-0.4, -0.2) is 25.7 Å². The highest BCUT2D eigenvalue weighted by Crippen LogP contribution is 2.33. The molecule has 2 aromatic rings. The maximum atomic E-state index is 5.69. The first kappa shape index (κ1) is 12.4. The fourth-order valence-corrected chi connectivity index (χ4v) is 3.65. The largest absolute Gasteiger partial charge is 0.234 e. The zero-order valence-corrected chi connectivity index (χ0v) is 11.9. The van der Waals surface area contributed by atoms with Crippen LogP contribution >= 0.6 is 22.9 Å². The minimum absolute atomic E-state index is 0.567. The van der Waals surface area contributed by atoms with E-state index in [9.17, 15) is 0 Å². The minimum Gasteiger partial charge on any atom is -0.187 e. The monoisotopic (exact) mass is 284 g/mol. The van der Waals surface area contributed by atoms with E-state index in [-0.39, 0.29) is 0 Å². The number of fused-ring (bicyclic) bond motifs is 1. The third-order valence-electron chi connectivity index (χ3n) is 3.55. The quantitative estimate of drug-likeness (QED) is 0.624. The van der Waals surface area contributed by atoms with Crippen molar-refractivity contribution in [2.75, 3.05) is 5.88 Å². The molecule has 3 rings (SSSR count). The molecule has 1 fully saturated rings. The number of hydrogen-bond acceptors (Lipinski definition) is 4. The Bertz CT molecular complexity index is 515. The Hall–Kier alpha value is -0.680. The highest BCUT2D eigenvalue weighted by Gasteiger charge is 2.23. The Morgan fingerprint density at radius 2 is 2.06 bits per heavy atom. The Kier molecular flexibility index (Phi) is 3.80. The van der Waals surface area contributed by atoms with E-state index < -0.39 is 0 Å². The zero-order valence-electron chi connectivity index (χ0n) is 10.3. The smallest absolute Gasteiger partial charge is 0.187 e. The van der Waals surface area contributed by atoms with Gasteiger partial charge in [0.25, 0.3) is 0 Å². The van der Waals surface area contributed by atoms with Gasteiger partial charge in [-0.25, -0.2) is 0 Å². The van der Waals surface area contributed by atoms with Crippen molar-refractivity contribution in [2.24, 2.45) is 0 Å². The maximum absolute atomic E-state index is 5.69. The lowest BCUT2D eigenvalue weighted by molar-refractivity contribution is 0.635. The van der Waals surface area contributed by atoms with Crippen LogP contribution < -0.4 is 0 Å². The fraction of sp³-hybridized carbons (Fsp3) is 0.750. The molecule has 6 heteroatoms. The Balaban J connectivity index is 1.79. The molecule has 0 bridgehead atoms. The van der Waals surface area contributed by atoms with E-state index in [0.29, 0.717) is 5.92 Å². The van der Waals surface area contributed by atoms with E-state index in [1.165, 1.54) is 25.7 Å². The van der Waals surface area contributed by atoms with Gasteiger partial charge in [-0.3, -0.25) is 0 Å². The van der Waals surface area contributed by atoms with E-state index in [4.69, 9.17) is 11.6 Å². The zero-order chi connectivity index (χ0) is 12.4. The first-order valence-electron chi connectivity index (χ1n) is 6.65. The predicted octanol–water partition coefficient (Wildman–Crippen LogP) is 3.40. The number of aromatic nitrogens is 4. The van der Waals surface area contributed by atoms with E-state index in [0.717, 1.165) is 40.9 Å². The Labute approximate surface area is 115 Å². The SMILES string of the molecule is ClCCCCc1nn2c(C3CCCC3)nnc2s1. The third kappa shape index (κ3) is 2.38. The molecule has 0 radical (unpaired) electrons. The molecule has 0 saturated heterocycles. The van der Waals surface area contributed by atoms with Gasteiger partial charge in [-0.1, -0.05) is 24.2 Å². The summed E-state index contributed by atoms with van der Waals surface area (Å²) in [5, 5.41) is 14.4. The molecule has 0 aromatic carbocycles. The van der Waals surface area contributed by atoms with Crippen LogP contribution in [0, 0.1) is 0 Å². The van der Waals surface area contributed by atoms with Crippen LogP contribution in [-0.2, 0) is 6.42 Å². The second kappa shape index (κ2) is 5.53. The lowest BCUT2D eigenvalue weighted by atomic mass is 10.1. The van der Waals surface area contributed by atoms with Crippen molar-refractivity contribution < 1.29 is 0 Å². The molecule has 4 nitrogen and oxygen atoms in total. The van der Waals surface area contributed by atoms with Gasteiger partial charge in [0, 0.05) is 18.2 Å². The second-order valence-electron chi connectivity index (χ2n) is 4.88. The summed E-state index contributed by atoms with van der Waals surface area (Å²) in [7, 11) is 0. The number of nitrogens with zero attached hydrogens (tertiary/aromatic N) is 4. The molecule has 18 heavy (non-hydrogen) atoms. The summed E-state index contributed by atoms with van der Waals surface area (Å²) in [6.45, 7) is 0. The number of aryl methyl sites for hydroxylation is 1. The van der Waals surface area contributed by atoms with Crippen LogP contribution in [0.25, 0.3) is 4.96 Å². The summed E-state index contributed by atoms with van der Waals surface area (Å²) in [5.41, 5.74) is 0. The summed E-state index contributed by atoms with van der Waals surface area (Å²) in [6, 6.07) is 0. The van der Waals surface area contributed by atoms with Gasteiger partial charge in [0.1, 0.15) is 5.01 Å². The second-order valence-corrected chi connectivity index (χ2v) is 6.29. The molecular formula is C12H17ClN4S. The molecule has 2 aromatic heterocycles. The lowest BCUT2D eigenvalue weighted by Crippen LogP contribution is -2.01. The molecular weight excluding hydrogens is 268 g/mol. The van der Waals surface area contributed by atoms with Crippen LogP contribution in [0.2, 0.25) is 0 Å². The van der Waals surface area contributed by atoms with Gasteiger partial charge in [-0.15, -0.1) is 21.8 Å². The molecule has 98 valence electrons. The average Bonchev–Trinajstić information content (AvgIpc) is 3.03. The summed E-state index contributed by atoms with van der Waals surface area (Å²) in [6.07, 6.45) is 8.26. The van der Waals surface area contributed by atoms with Crippen LogP contribution in [0.3, 0.4) is 0 Å². The molecule has 0 aliphatic heterocycles. The molecule has 2 heterocycles. The standard InChI is InChI=1S/C12H17ClN4S/c13-8-4-3-7-10-16-17-11(9-5-1-2-6-9)14-15-12(17)18-10/h9H,1-8H2. The van der Waals surface area contributed by atoms with Crippen molar-refractivity contribution in [1.82, 2.24) is 19.8 Å². The van der Waals surface area contributed by atoms with Crippen molar-refractivity contribution in [3.8, 4) is 0 Å². The molecule has 0 N–H and O–H groups in total. The van der Waals surface area contributed by atoms with Gasteiger partial charge in [0.05, 0.1) is 0 Å². The first-order chi connectivity index (χ1) is 8.88. The van der Waals surface area contributed by atoms with Gasteiger partial charge in [0.15, 0.2) is 5.82 Å². The Morgan fingerprint density at radius 1 is 1.22 bits per heavy atom. The van der Waals surface area contributed by atoms with E-state index in [2.05, 4.69) is 15.3 Å². The van der Waals surface area contributed by atoms with Gasteiger partial charge in [0.2, 0.25) is 4.96 Å². The summed E-state index contributed by atoms with van der Waals surface area (Å²) < 4.78 is 1.97. The van der Waals surface area contributed by atoms with Gasteiger partial charge < -0.3 is 0 Å². The van der Waals surface area contributed by atoms with Crippen LogP contribution in [0.1, 0.15) is 55.3 Å². The van der Waals surface area contributed by atoms with E-state index >= 15 is 0 Å². The molecule has 0 spiro atoms. The number of hydrogen-bond donors (Lipinski definition) is 0. The minimum atomic E-state index is 0.567. The predicted molar refractivity (Wildman–Crippen MR) is 73.5 cm³/mol. The highest BCUT2D eigenvalue weighted by molar-refractivity contribution is 7.16. The van der Waals surface area contributed by atoms with Gasteiger partial charge in [-0.2, -0.15) is 9.61 Å². The van der Waals surface area contributed by atoms with Crippen molar-refractivity contribution in [3.05, 3.63) is 10.8 Å². The number of halogens is 1. The summed E-state index contributed by atoms with van der Waals surface area (Å²) >= 11 is 7.35. The fourth-order valence-electron chi connectivity index (χ4n) is 2.58. The lowest BCUT2D eigenvalue weighted by Gasteiger charge is -2.03. The van der Waals surface area contributed by atoms with Crippen molar-refractivity contribution in [3.63, 3.8) is 0 Å². The number of alkyl halides is 1. The normalized spacial score (nSPS) is 16.9. The third-order valence-corrected chi connectivity index (χ3v) is 4.78. The van der Waals surface area contributed by atoms with Gasteiger partial charge >= 0.3 is 0 Å². The van der Waals surface area contributed by atoms with Crippen molar-refractivity contribution in [1.29, 1.82) is 0 Å². The van der Waals surface area contributed by atoms with Crippen LogP contribution in [0.5, 0.6) is 0 Å². The average molecular weight is 285 g/mol. The molecule has 1 saturated carbocycles. The number of unbranched alkanes of at least 4 members (excludes halogenated alkanes) is 1. The Morgan fingerprint density at radius 3 is 2.83 bits per heavy atom. The highest BCUT2D eigenvalue weighted by atomic mass is 35.5. The molecule has 0 atom stereocenters. The summed E-state index contributed by atoms with van der Waals surface area (Å²) in [5.74, 6) is 2.37. The first-order valence-corrected chi connectivity index (χ1v) is 8.00. The maximum Gasteiger partial charge on any atom is 0.234 e. The van der Waals surface area contributed by atoms with Gasteiger partial charge in [-0.05, 0) is 25.7 Å². The molecule has 0 amide bonds.